The van der Waals surface area contributed by atoms with Gasteiger partial charge in [-0.2, -0.15) is 13.2 Å². The van der Waals surface area contributed by atoms with Crippen molar-refractivity contribution in [3.05, 3.63) is 65.2 Å². The van der Waals surface area contributed by atoms with Crippen molar-refractivity contribution in [1.29, 1.82) is 0 Å². The van der Waals surface area contributed by atoms with Crippen molar-refractivity contribution < 1.29 is 30.7 Å². The van der Waals surface area contributed by atoms with E-state index in [0.29, 0.717) is 6.07 Å². The number of hydrogen-bond donors (Lipinski definition) is 0. The van der Waals surface area contributed by atoms with Crippen LogP contribution in [0.4, 0.5) is 22.0 Å². The van der Waals surface area contributed by atoms with Crippen LogP contribution in [0.5, 0.6) is 0 Å². The molecule has 1 aromatic heterocycles. The van der Waals surface area contributed by atoms with Gasteiger partial charge in [0.2, 0.25) is 0 Å². The Kier molecular flexibility index (Phi) is 5.26. The van der Waals surface area contributed by atoms with E-state index in [1.807, 2.05) is 0 Å². The lowest BCUT2D eigenvalue weighted by atomic mass is 10.0. The molecule has 0 saturated carbocycles. The Morgan fingerprint density at radius 3 is 2.36 bits per heavy atom. The molecule has 0 aliphatic rings. The largest absolute Gasteiger partial charge is 0.767 e. The summed E-state index contributed by atoms with van der Waals surface area (Å²) in [5, 5.41) is -0.499. The molecule has 1 heterocycles. The summed E-state index contributed by atoms with van der Waals surface area (Å²) in [6.45, 7) is 1.32. The van der Waals surface area contributed by atoms with E-state index in [-0.39, 0.29) is 22.4 Å². The Balaban J connectivity index is 2.27. The van der Waals surface area contributed by atoms with Gasteiger partial charge in [0.05, 0.1) is 16.8 Å². The summed E-state index contributed by atoms with van der Waals surface area (Å²) in [6, 6.07) is 6.63. The zero-order valence-electron chi connectivity index (χ0n) is 14.1. The second-order valence-corrected chi connectivity index (χ2v) is 6.62. The van der Waals surface area contributed by atoms with Gasteiger partial charge in [-0.25, -0.2) is 18.7 Å². The van der Waals surface area contributed by atoms with Crippen molar-refractivity contribution in [1.82, 2.24) is 9.97 Å². The van der Waals surface area contributed by atoms with Crippen LogP contribution in [0.3, 0.4) is 0 Å². The summed E-state index contributed by atoms with van der Waals surface area (Å²) in [6.07, 6.45) is -4.62. The van der Waals surface area contributed by atoms with Gasteiger partial charge < -0.3 is 4.55 Å². The summed E-state index contributed by atoms with van der Waals surface area (Å²) in [4.78, 5) is 7.84. The van der Waals surface area contributed by atoms with Gasteiger partial charge in [0.15, 0.2) is 5.82 Å². The molecule has 4 nitrogen and oxygen atoms in total. The number of rotatable bonds is 3. The zero-order valence-corrected chi connectivity index (χ0v) is 14.9. The van der Waals surface area contributed by atoms with Crippen molar-refractivity contribution >= 4 is 11.1 Å². The van der Waals surface area contributed by atoms with Crippen LogP contribution in [0, 0.1) is 18.6 Å². The molecule has 0 aliphatic heterocycles. The molecule has 0 bridgehead atoms. The summed E-state index contributed by atoms with van der Waals surface area (Å²) in [7, 11) is 0. The number of aromatic nitrogens is 2. The zero-order chi connectivity index (χ0) is 20.6. The van der Waals surface area contributed by atoms with Gasteiger partial charge in [0.1, 0.15) is 16.7 Å². The van der Waals surface area contributed by atoms with E-state index < -0.39 is 45.3 Å². The van der Waals surface area contributed by atoms with Gasteiger partial charge in [0, 0.05) is 17.2 Å². The summed E-state index contributed by atoms with van der Waals surface area (Å²) in [5.41, 5.74) is -1.38. The average Bonchev–Trinajstić information content (AvgIpc) is 2.61. The highest BCUT2D eigenvalue weighted by molar-refractivity contribution is 7.79. The Morgan fingerprint density at radius 2 is 1.75 bits per heavy atom. The highest BCUT2D eigenvalue weighted by Crippen LogP contribution is 2.34. The van der Waals surface area contributed by atoms with E-state index in [4.69, 9.17) is 0 Å². The highest BCUT2D eigenvalue weighted by atomic mass is 32.2. The first-order valence-corrected chi connectivity index (χ1v) is 8.76. The maximum Gasteiger partial charge on any atom is 0.416 e. The molecule has 0 fully saturated rings. The van der Waals surface area contributed by atoms with Crippen molar-refractivity contribution in [2.75, 3.05) is 0 Å². The second-order valence-electron chi connectivity index (χ2n) is 5.76. The average molecular weight is 413 g/mol. The Hall–Kier alpha value is -2.72. The fourth-order valence-electron chi connectivity index (χ4n) is 2.57. The van der Waals surface area contributed by atoms with Gasteiger partial charge >= 0.3 is 6.18 Å². The smallest absolute Gasteiger partial charge is 0.416 e. The van der Waals surface area contributed by atoms with Crippen molar-refractivity contribution in [2.24, 2.45) is 0 Å². The predicted octanol–water partition coefficient (Wildman–Crippen LogP) is 4.65. The van der Waals surface area contributed by atoms with Crippen LogP contribution < -0.4 is 0 Å². The minimum atomic E-state index is -4.62. The fourth-order valence-corrected chi connectivity index (χ4v) is 3.08. The van der Waals surface area contributed by atoms with Crippen molar-refractivity contribution in [3.63, 3.8) is 0 Å². The summed E-state index contributed by atoms with van der Waals surface area (Å²) < 4.78 is 89.3. The third-order valence-electron chi connectivity index (χ3n) is 3.89. The topological polar surface area (TPSA) is 65.9 Å². The number of alkyl halides is 3. The first kappa shape index (κ1) is 20.0. The minimum Gasteiger partial charge on any atom is -0.767 e. The fraction of sp³-hybridized carbons (Fsp3) is 0.111. The van der Waals surface area contributed by atoms with Gasteiger partial charge in [-0.3, -0.25) is 4.21 Å². The Labute approximate surface area is 158 Å². The molecule has 0 aliphatic carbocycles. The molecule has 3 rings (SSSR count). The van der Waals surface area contributed by atoms with Crippen molar-refractivity contribution in [2.45, 2.75) is 18.1 Å². The van der Waals surface area contributed by atoms with Crippen LogP contribution in [0.25, 0.3) is 22.6 Å². The number of nitrogens with zero attached hydrogens (tertiary/aromatic N) is 2. The first-order chi connectivity index (χ1) is 13.1. The minimum absolute atomic E-state index is 0.000993. The molecule has 3 aromatic rings. The van der Waals surface area contributed by atoms with Gasteiger partial charge in [-0.05, 0) is 42.3 Å². The number of halogens is 5. The quantitative estimate of drug-likeness (QED) is 0.356. The molecular weight excluding hydrogens is 403 g/mol. The Bertz CT molecular complexity index is 1090. The summed E-state index contributed by atoms with van der Waals surface area (Å²) in [5.74, 6) is -2.30. The molecule has 0 N–H and O–H groups in total. The van der Waals surface area contributed by atoms with Crippen LogP contribution >= 0.6 is 0 Å². The van der Waals surface area contributed by atoms with Crippen LogP contribution in [-0.2, 0) is 17.3 Å². The maximum absolute atomic E-state index is 14.1. The van der Waals surface area contributed by atoms with Crippen LogP contribution in [0.2, 0.25) is 0 Å². The molecule has 146 valence electrons. The molecular formula is C18H10F5N2O2S-. The van der Waals surface area contributed by atoms with E-state index in [1.54, 1.807) is 0 Å². The predicted molar refractivity (Wildman–Crippen MR) is 89.7 cm³/mol. The first-order valence-electron chi connectivity index (χ1n) is 7.69. The third-order valence-corrected chi connectivity index (χ3v) is 4.61. The van der Waals surface area contributed by atoms with E-state index >= 15 is 0 Å². The van der Waals surface area contributed by atoms with E-state index in [1.165, 1.54) is 13.0 Å². The second kappa shape index (κ2) is 7.36. The van der Waals surface area contributed by atoms with Gasteiger partial charge in [-0.15, -0.1) is 0 Å². The molecule has 2 aromatic carbocycles. The normalized spacial score (nSPS) is 12.8. The number of benzene rings is 2. The third kappa shape index (κ3) is 3.92. The molecule has 1 atom stereocenters. The lowest BCUT2D eigenvalue weighted by Gasteiger charge is -2.15. The van der Waals surface area contributed by atoms with Crippen LogP contribution in [0.1, 0.15) is 11.1 Å². The van der Waals surface area contributed by atoms with Crippen LogP contribution in [0.15, 0.2) is 47.5 Å². The number of hydrogen-bond acceptors (Lipinski definition) is 4. The van der Waals surface area contributed by atoms with Gasteiger partial charge in [0.25, 0.3) is 0 Å². The van der Waals surface area contributed by atoms with E-state index in [0.717, 1.165) is 30.3 Å². The molecule has 0 radical (unpaired) electrons. The summed E-state index contributed by atoms with van der Waals surface area (Å²) >= 11 is -2.86. The SMILES string of the molecule is Cc1c(-c2cccc(C(F)(F)F)c2)nc(-c2ccc(F)cc2F)nc1S(=O)[O-]. The lowest BCUT2D eigenvalue weighted by Crippen LogP contribution is -2.07. The Morgan fingerprint density at radius 1 is 1.04 bits per heavy atom. The lowest BCUT2D eigenvalue weighted by molar-refractivity contribution is -0.137. The highest BCUT2D eigenvalue weighted by Gasteiger charge is 2.31. The van der Waals surface area contributed by atoms with Crippen molar-refractivity contribution in [3.8, 4) is 22.6 Å². The molecule has 28 heavy (non-hydrogen) atoms. The molecule has 0 spiro atoms. The standard InChI is InChI=1S/C18H11F5N2O2S/c1-9-15(10-3-2-4-11(7-10)18(21,22)23)24-16(25-17(9)28(26)27)13-6-5-12(19)8-14(13)20/h2-8H,1H3,(H,26,27)/p-1. The monoisotopic (exact) mass is 413 g/mol. The maximum atomic E-state index is 14.1. The van der Waals surface area contributed by atoms with Gasteiger partial charge in [-0.1, -0.05) is 12.1 Å². The van der Waals surface area contributed by atoms with E-state index in [9.17, 15) is 30.7 Å². The molecule has 1 unspecified atom stereocenters. The molecule has 0 saturated heterocycles. The molecule has 10 heteroatoms. The van der Waals surface area contributed by atoms with E-state index in [2.05, 4.69) is 9.97 Å². The van der Waals surface area contributed by atoms with Crippen LogP contribution in [-0.4, -0.2) is 18.7 Å². The molecule has 0 amide bonds.